The fourth-order valence-electron chi connectivity index (χ4n) is 2.70. The van der Waals surface area contributed by atoms with Gasteiger partial charge in [-0.1, -0.05) is 41.9 Å². The van der Waals surface area contributed by atoms with Crippen molar-refractivity contribution in [3.8, 4) is 5.75 Å². The molecule has 0 aliphatic rings. The molecule has 6 nitrogen and oxygen atoms in total. The van der Waals surface area contributed by atoms with Gasteiger partial charge < -0.3 is 15.0 Å². The van der Waals surface area contributed by atoms with Crippen LogP contribution in [-0.2, 0) is 6.54 Å². The molecular weight excluding hydrogens is 376 g/mol. The van der Waals surface area contributed by atoms with Crippen LogP contribution in [0, 0.1) is 0 Å². The smallest absolute Gasteiger partial charge is 0.258 e. The van der Waals surface area contributed by atoms with Gasteiger partial charge in [0.2, 0.25) is 5.95 Å². The number of methoxy groups -OCH3 is 1. The van der Waals surface area contributed by atoms with E-state index in [2.05, 4.69) is 27.4 Å². The fourth-order valence-corrected chi connectivity index (χ4v) is 2.87. The lowest BCUT2D eigenvalue weighted by Gasteiger charge is -2.20. The SMILES string of the molecule is CCN(Cc1ccccc1)c1ncc(C(=O)Nc2cc(Cl)ccc2OC)cn1. The van der Waals surface area contributed by atoms with Crippen LogP contribution in [0.25, 0.3) is 0 Å². The van der Waals surface area contributed by atoms with E-state index in [1.807, 2.05) is 30.0 Å². The predicted molar refractivity (Wildman–Crippen MR) is 111 cm³/mol. The van der Waals surface area contributed by atoms with Crippen LogP contribution >= 0.6 is 11.6 Å². The molecule has 7 heteroatoms. The maximum absolute atomic E-state index is 12.5. The summed E-state index contributed by atoms with van der Waals surface area (Å²) in [7, 11) is 1.53. The molecule has 0 bridgehead atoms. The minimum atomic E-state index is -0.335. The Morgan fingerprint density at radius 1 is 1.14 bits per heavy atom. The Balaban J connectivity index is 1.72. The summed E-state index contributed by atoms with van der Waals surface area (Å²) < 4.78 is 5.25. The van der Waals surface area contributed by atoms with E-state index in [4.69, 9.17) is 16.3 Å². The molecule has 144 valence electrons. The number of anilines is 2. The monoisotopic (exact) mass is 396 g/mol. The number of carbonyl (C=O) groups excluding carboxylic acids is 1. The molecule has 28 heavy (non-hydrogen) atoms. The van der Waals surface area contributed by atoms with Gasteiger partial charge >= 0.3 is 0 Å². The number of amides is 1. The summed E-state index contributed by atoms with van der Waals surface area (Å²) in [5, 5.41) is 3.28. The van der Waals surface area contributed by atoms with Gasteiger partial charge in [0.15, 0.2) is 0 Å². The van der Waals surface area contributed by atoms with Crippen LogP contribution in [0.15, 0.2) is 60.9 Å². The zero-order valence-corrected chi connectivity index (χ0v) is 16.5. The first-order chi connectivity index (χ1) is 13.6. The molecule has 1 N–H and O–H groups in total. The van der Waals surface area contributed by atoms with Crippen LogP contribution in [0.5, 0.6) is 5.75 Å². The predicted octanol–water partition coefficient (Wildman–Crippen LogP) is 4.42. The molecule has 0 spiro atoms. The zero-order valence-electron chi connectivity index (χ0n) is 15.7. The summed E-state index contributed by atoms with van der Waals surface area (Å²) in [6, 6.07) is 15.1. The molecule has 0 saturated carbocycles. The molecule has 1 amide bonds. The van der Waals surface area contributed by atoms with Gasteiger partial charge in [-0.3, -0.25) is 4.79 Å². The maximum atomic E-state index is 12.5. The van der Waals surface area contributed by atoms with Crippen molar-refractivity contribution in [3.05, 3.63) is 77.1 Å². The first-order valence-electron chi connectivity index (χ1n) is 8.86. The highest BCUT2D eigenvalue weighted by molar-refractivity contribution is 6.31. The number of nitrogens with zero attached hydrogens (tertiary/aromatic N) is 3. The number of hydrogen-bond acceptors (Lipinski definition) is 5. The number of hydrogen-bond donors (Lipinski definition) is 1. The minimum Gasteiger partial charge on any atom is -0.495 e. The molecule has 2 aromatic carbocycles. The van der Waals surface area contributed by atoms with E-state index in [1.165, 1.54) is 25.1 Å². The standard InChI is InChI=1S/C21H21ClN4O2/c1-3-26(14-15-7-5-4-6-8-15)21-23-12-16(13-24-21)20(27)25-18-11-17(22)9-10-19(18)28-2/h4-13H,3,14H2,1-2H3,(H,25,27). The number of rotatable bonds is 7. The lowest BCUT2D eigenvalue weighted by molar-refractivity contribution is 0.102. The number of halogens is 1. The van der Waals surface area contributed by atoms with Crippen molar-refractivity contribution in [1.82, 2.24) is 9.97 Å². The highest BCUT2D eigenvalue weighted by Gasteiger charge is 2.13. The average molecular weight is 397 g/mol. The summed E-state index contributed by atoms with van der Waals surface area (Å²) in [4.78, 5) is 23.3. The van der Waals surface area contributed by atoms with Gasteiger partial charge in [0, 0.05) is 30.5 Å². The van der Waals surface area contributed by atoms with Gasteiger partial charge in [0.25, 0.3) is 5.91 Å². The maximum Gasteiger partial charge on any atom is 0.258 e. The number of aromatic nitrogens is 2. The van der Waals surface area contributed by atoms with E-state index in [9.17, 15) is 4.79 Å². The Hall–Kier alpha value is -3.12. The number of benzene rings is 2. The van der Waals surface area contributed by atoms with E-state index in [-0.39, 0.29) is 5.91 Å². The van der Waals surface area contributed by atoms with Crippen LogP contribution in [-0.4, -0.2) is 29.5 Å². The van der Waals surface area contributed by atoms with Crippen molar-refractivity contribution in [1.29, 1.82) is 0 Å². The van der Waals surface area contributed by atoms with Crippen LogP contribution in [0.1, 0.15) is 22.8 Å². The molecule has 0 saturated heterocycles. The Morgan fingerprint density at radius 2 is 1.86 bits per heavy atom. The molecule has 0 atom stereocenters. The second-order valence-electron chi connectivity index (χ2n) is 6.07. The third-order valence-electron chi connectivity index (χ3n) is 4.19. The Labute approximate surface area is 169 Å². The first kappa shape index (κ1) is 19.6. The highest BCUT2D eigenvalue weighted by atomic mass is 35.5. The summed E-state index contributed by atoms with van der Waals surface area (Å²) in [6.07, 6.45) is 3.03. The summed E-state index contributed by atoms with van der Waals surface area (Å²) in [5.41, 5.74) is 2.01. The van der Waals surface area contributed by atoms with Crippen molar-refractivity contribution in [2.45, 2.75) is 13.5 Å². The van der Waals surface area contributed by atoms with E-state index < -0.39 is 0 Å². The summed E-state index contributed by atoms with van der Waals surface area (Å²) >= 11 is 6.00. The molecule has 0 aliphatic heterocycles. The molecule has 3 aromatic rings. The van der Waals surface area contributed by atoms with E-state index in [0.29, 0.717) is 34.5 Å². The van der Waals surface area contributed by atoms with Crippen molar-refractivity contribution in [2.24, 2.45) is 0 Å². The van der Waals surface area contributed by atoms with Crippen molar-refractivity contribution < 1.29 is 9.53 Å². The van der Waals surface area contributed by atoms with Crippen LogP contribution in [0.4, 0.5) is 11.6 Å². The average Bonchev–Trinajstić information content (AvgIpc) is 2.73. The van der Waals surface area contributed by atoms with Crippen molar-refractivity contribution in [2.75, 3.05) is 23.9 Å². The van der Waals surface area contributed by atoms with E-state index >= 15 is 0 Å². The van der Waals surface area contributed by atoms with Gasteiger partial charge in [-0.2, -0.15) is 0 Å². The quantitative estimate of drug-likeness (QED) is 0.640. The molecule has 3 rings (SSSR count). The number of carbonyl (C=O) groups is 1. The van der Waals surface area contributed by atoms with Gasteiger partial charge in [-0.15, -0.1) is 0 Å². The largest absolute Gasteiger partial charge is 0.495 e. The lowest BCUT2D eigenvalue weighted by atomic mass is 10.2. The minimum absolute atomic E-state index is 0.335. The second-order valence-corrected chi connectivity index (χ2v) is 6.51. The topological polar surface area (TPSA) is 67.4 Å². The lowest BCUT2D eigenvalue weighted by Crippen LogP contribution is -2.24. The third-order valence-corrected chi connectivity index (χ3v) is 4.43. The van der Waals surface area contributed by atoms with Crippen LogP contribution in [0.2, 0.25) is 5.02 Å². The molecule has 0 fully saturated rings. The first-order valence-corrected chi connectivity index (χ1v) is 9.24. The van der Waals surface area contributed by atoms with Gasteiger partial charge in [-0.25, -0.2) is 9.97 Å². The molecule has 1 aromatic heterocycles. The Kier molecular flexibility index (Phi) is 6.45. The van der Waals surface area contributed by atoms with Gasteiger partial charge in [0.05, 0.1) is 18.4 Å². The van der Waals surface area contributed by atoms with Crippen LogP contribution < -0.4 is 15.0 Å². The molecule has 0 aliphatic carbocycles. The van der Waals surface area contributed by atoms with Crippen molar-refractivity contribution >= 4 is 29.1 Å². The normalized spacial score (nSPS) is 10.4. The number of nitrogens with one attached hydrogen (secondary N) is 1. The molecule has 0 unspecified atom stereocenters. The van der Waals surface area contributed by atoms with Gasteiger partial charge in [-0.05, 0) is 30.7 Å². The molecular formula is C21H21ClN4O2. The summed E-state index contributed by atoms with van der Waals surface area (Å²) in [6.45, 7) is 3.49. The highest BCUT2D eigenvalue weighted by Crippen LogP contribution is 2.28. The fraction of sp³-hybridized carbons (Fsp3) is 0.190. The second kappa shape index (κ2) is 9.19. The molecule has 0 radical (unpaired) electrons. The van der Waals surface area contributed by atoms with Gasteiger partial charge in [0.1, 0.15) is 5.75 Å². The van der Waals surface area contributed by atoms with E-state index in [1.54, 1.807) is 18.2 Å². The Bertz CT molecular complexity index is 933. The third kappa shape index (κ3) is 4.78. The summed E-state index contributed by atoms with van der Waals surface area (Å²) in [5.74, 6) is 0.761. The molecule has 1 heterocycles. The van der Waals surface area contributed by atoms with Crippen LogP contribution in [0.3, 0.4) is 0 Å². The van der Waals surface area contributed by atoms with Crippen molar-refractivity contribution in [3.63, 3.8) is 0 Å². The zero-order chi connectivity index (χ0) is 19.9. The van der Waals surface area contributed by atoms with E-state index in [0.717, 1.165) is 6.54 Å². The number of ether oxygens (including phenoxy) is 1. The Morgan fingerprint density at radius 3 is 2.50 bits per heavy atom.